The number of nitrogens with zero attached hydrogens (tertiary/aromatic N) is 3. The predicted octanol–water partition coefficient (Wildman–Crippen LogP) is 4.12. The van der Waals surface area contributed by atoms with Crippen LogP contribution in [0.15, 0.2) is 36.8 Å². The van der Waals surface area contributed by atoms with Crippen LogP contribution < -0.4 is 4.74 Å². The van der Waals surface area contributed by atoms with Crippen LogP contribution in [0.5, 0.6) is 5.75 Å². The first kappa shape index (κ1) is 20.4. The molecule has 158 valence electrons. The molecular weight excluding hydrogens is 360 g/mol. The summed E-state index contributed by atoms with van der Waals surface area (Å²) in [6.45, 7) is 7.91. The molecule has 0 amide bonds. The first-order valence-electron chi connectivity index (χ1n) is 11.5. The van der Waals surface area contributed by atoms with Gasteiger partial charge in [-0.3, -0.25) is 4.90 Å². The minimum Gasteiger partial charge on any atom is -0.494 e. The van der Waals surface area contributed by atoms with Crippen molar-refractivity contribution < 1.29 is 4.74 Å². The molecular formula is C24H36N4O. The summed E-state index contributed by atoms with van der Waals surface area (Å²) in [4.78, 5) is 12.5. The van der Waals surface area contributed by atoms with Crippen LogP contribution in [0.2, 0.25) is 0 Å². The van der Waals surface area contributed by atoms with Crippen molar-refractivity contribution in [3.05, 3.63) is 48.0 Å². The zero-order chi connectivity index (χ0) is 19.7. The van der Waals surface area contributed by atoms with Gasteiger partial charge in [0.2, 0.25) is 0 Å². The van der Waals surface area contributed by atoms with E-state index < -0.39 is 0 Å². The molecule has 5 heteroatoms. The third kappa shape index (κ3) is 6.58. The Balaban J connectivity index is 1.12. The number of nitrogens with one attached hydrogen (secondary N) is 1. The SMILES string of the molecule is c1cc(CN2CCCCC2)cc(OCCCN2CCC(Cc3cnc[nH]3)CC2)c1. The molecule has 2 aliphatic heterocycles. The molecule has 4 rings (SSSR count). The summed E-state index contributed by atoms with van der Waals surface area (Å²) in [6.07, 6.45) is 12.6. The summed E-state index contributed by atoms with van der Waals surface area (Å²) in [5.41, 5.74) is 2.66. The van der Waals surface area contributed by atoms with Gasteiger partial charge >= 0.3 is 0 Å². The summed E-state index contributed by atoms with van der Waals surface area (Å²) >= 11 is 0. The quantitative estimate of drug-likeness (QED) is 0.648. The number of aromatic nitrogens is 2. The maximum atomic E-state index is 6.06. The van der Waals surface area contributed by atoms with E-state index >= 15 is 0 Å². The van der Waals surface area contributed by atoms with Crippen molar-refractivity contribution in [1.29, 1.82) is 0 Å². The number of hydrogen-bond acceptors (Lipinski definition) is 4. The van der Waals surface area contributed by atoms with E-state index in [9.17, 15) is 0 Å². The molecule has 1 N–H and O–H groups in total. The maximum Gasteiger partial charge on any atom is 0.119 e. The molecule has 0 atom stereocenters. The van der Waals surface area contributed by atoms with E-state index in [1.807, 2.05) is 6.20 Å². The Morgan fingerprint density at radius 2 is 1.90 bits per heavy atom. The van der Waals surface area contributed by atoms with Crippen molar-refractivity contribution in [3.63, 3.8) is 0 Å². The van der Waals surface area contributed by atoms with E-state index in [1.165, 1.54) is 69.5 Å². The molecule has 0 bridgehead atoms. The van der Waals surface area contributed by atoms with Gasteiger partial charge < -0.3 is 14.6 Å². The van der Waals surface area contributed by atoms with Crippen LogP contribution in [0.25, 0.3) is 0 Å². The van der Waals surface area contributed by atoms with Gasteiger partial charge in [0, 0.05) is 25.0 Å². The van der Waals surface area contributed by atoms with E-state index in [2.05, 4.69) is 44.0 Å². The molecule has 29 heavy (non-hydrogen) atoms. The molecule has 0 unspecified atom stereocenters. The van der Waals surface area contributed by atoms with Crippen molar-refractivity contribution in [3.8, 4) is 5.75 Å². The Morgan fingerprint density at radius 1 is 1.03 bits per heavy atom. The van der Waals surface area contributed by atoms with Gasteiger partial charge in [-0.15, -0.1) is 0 Å². The average Bonchev–Trinajstić information content (AvgIpc) is 3.27. The van der Waals surface area contributed by atoms with Gasteiger partial charge in [0.1, 0.15) is 5.75 Å². The second-order valence-electron chi connectivity index (χ2n) is 8.75. The Kier molecular flexibility index (Phi) is 7.60. The highest BCUT2D eigenvalue weighted by Gasteiger charge is 2.19. The fourth-order valence-electron chi connectivity index (χ4n) is 4.71. The number of ether oxygens (including phenoxy) is 1. The van der Waals surface area contributed by atoms with E-state index in [0.29, 0.717) is 0 Å². The van der Waals surface area contributed by atoms with Gasteiger partial charge in [-0.25, -0.2) is 4.98 Å². The molecule has 2 saturated heterocycles. The average molecular weight is 397 g/mol. The molecule has 1 aromatic carbocycles. The molecule has 3 heterocycles. The number of hydrogen-bond donors (Lipinski definition) is 1. The largest absolute Gasteiger partial charge is 0.494 e. The van der Waals surface area contributed by atoms with E-state index in [4.69, 9.17) is 4.74 Å². The van der Waals surface area contributed by atoms with Crippen molar-refractivity contribution in [2.45, 2.75) is 51.5 Å². The van der Waals surface area contributed by atoms with Gasteiger partial charge in [0.25, 0.3) is 0 Å². The molecule has 2 fully saturated rings. The van der Waals surface area contributed by atoms with Gasteiger partial charge in [-0.2, -0.15) is 0 Å². The first-order valence-corrected chi connectivity index (χ1v) is 11.5. The van der Waals surface area contributed by atoms with Gasteiger partial charge in [-0.05, 0) is 88.3 Å². The zero-order valence-electron chi connectivity index (χ0n) is 17.7. The minimum atomic E-state index is 0.797. The molecule has 0 radical (unpaired) electrons. The molecule has 0 aliphatic carbocycles. The van der Waals surface area contributed by atoms with Gasteiger partial charge in [0.05, 0.1) is 12.9 Å². The highest BCUT2D eigenvalue weighted by atomic mass is 16.5. The topological polar surface area (TPSA) is 44.4 Å². The van der Waals surface area contributed by atoms with Crippen molar-refractivity contribution in [2.24, 2.45) is 5.92 Å². The number of piperidine rings is 2. The van der Waals surface area contributed by atoms with E-state index in [1.54, 1.807) is 6.33 Å². The van der Waals surface area contributed by atoms with Crippen LogP contribution in [0.3, 0.4) is 0 Å². The van der Waals surface area contributed by atoms with Gasteiger partial charge in [0.15, 0.2) is 0 Å². The fourth-order valence-corrected chi connectivity index (χ4v) is 4.71. The Morgan fingerprint density at radius 3 is 2.69 bits per heavy atom. The van der Waals surface area contributed by atoms with E-state index in [0.717, 1.165) is 44.2 Å². The predicted molar refractivity (Wildman–Crippen MR) is 117 cm³/mol. The standard InChI is InChI=1S/C24H36N4O/c1-2-10-28(11-3-1)19-22-6-4-7-24(17-22)29-15-5-12-27-13-8-21(9-14-27)16-23-18-25-20-26-23/h4,6-7,17-18,20-21H,1-3,5,8-16,19H2,(H,25,26). The summed E-state index contributed by atoms with van der Waals surface area (Å²) in [7, 11) is 0. The smallest absolute Gasteiger partial charge is 0.119 e. The summed E-state index contributed by atoms with van der Waals surface area (Å²) in [6, 6.07) is 8.70. The number of H-pyrrole nitrogens is 1. The maximum absolute atomic E-state index is 6.06. The zero-order valence-corrected chi connectivity index (χ0v) is 17.7. The normalized spacial score (nSPS) is 19.4. The van der Waals surface area contributed by atoms with Crippen LogP contribution in [-0.2, 0) is 13.0 Å². The van der Waals surface area contributed by atoms with Crippen LogP contribution >= 0.6 is 0 Å². The lowest BCUT2D eigenvalue weighted by Crippen LogP contribution is -2.35. The molecule has 2 aromatic rings. The lowest BCUT2D eigenvalue weighted by Gasteiger charge is -2.31. The van der Waals surface area contributed by atoms with Crippen LogP contribution in [0, 0.1) is 5.92 Å². The van der Waals surface area contributed by atoms with Crippen molar-refractivity contribution in [1.82, 2.24) is 19.8 Å². The lowest BCUT2D eigenvalue weighted by atomic mass is 9.92. The first-order chi connectivity index (χ1) is 14.3. The molecule has 5 nitrogen and oxygen atoms in total. The molecule has 0 spiro atoms. The number of rotatable bonds is 9. The Labute approximate surface area is 175 Å². The fraction of sp³-hybridized carbons (Fsp3) is 0.625. The molecule has 2 aliphatic rings. The lowest BCUT2D eigenvalue weighted by molar-refractivity contribution is 0.170. The summed E-state index contributed by atoms with van der Waals surface area (Å²) in [5, 5.41) is 0. The molecule has 1 aromatic heterocycles. The number of aromatic amines is 1. The monoisotopic (exact) mass is 396 g/mol. The van der Waals surface area contributed by atoms with Crippen LogP contribution in [0.1, 0.15) is 49.8 Å². The van der Waals surface area contributed by atoms with Crippen LogP contribution in [0.4, 0.5) is 0 Å². The third-order valence-corrected chi connectivity index (χ3v) is 6.41. The Bertz CT molecular complexity index is 703. The summed E-state index contributed by atoms with van der Waals surface area (Å²) < 4.78 is 6.06. The summed E-state index contributed by atoms with van der Waals surface area (Å²) in [5.74, 6) is 1.82. The molecule has 0 saturated carbocycles. The van der Waals surface area contributed by atoms with Crippen LogP contribution in [-0.4, -0.2) is 59.1 Å². The highest BCUT2D eigenvalue weighted by Crippen LogP contribution is 2.21. The number of benzene rings is 1. The van der Waals surface area contributed by atoms with E-state index in [-0.39, 0.29) is 0 Å². The number of likely N-dealkylation sites (tertiary alicyclic amines) is 2. The Hall–Kier alpha value is -1.85. The van der Waals surface area contributed by atoms with Crippen molar-refractivity contribution >= 4 is 0 Å². The highest BCUT2D eigenvalue weighted by molar-refractivity contribution is 5.28. The second-order valence-corrected chi connectivity index (χ2v) is 8.75. The van der Waals surface area contributed by atoms with Crippen molar-refractivity contribution in [2.75, 3.05) is 39.3 Å². The second kappa shape index (κ2) is 10.8. The van der Waals surface area contributed by atoms with Gasteiger partial charge in [-0.1, -0.05) is 18.6 Å². The number of imidazole rings is 1. The minimum absolute atomic E-state index is 0.797. The third-order valence-electron chi connectivity index (χ3n) is 6.41.